The predicted octanol–water partition coefficient (Wildman–Crippen LogP) is 1.52. The van der Waals surface area contributed by atoms with E-state index in [4.69, 9.17) is 5.26 Å². The maximum Gasteiger partial charge on any atom is 0.140 e. The third-order valence-corrected chi connectivity index (χ3v) is 1.71. The number of nitrogens with zero attached hydrogens (tertiary/aromatic N) is 1. The molecule has 0 fully saturated rings. The third kappa shape index (κ3) is 1.53. The first-order chi connectivity index (χ1) is 4.24. The molecule has 2 heteroatoms. The summed E-state index contributed by atoms with van der Waals surface area (Å²) in [4.78, 5) is 10.3. The first-order valence-electron chi connectivity index (χ1n) is 3.12. The van der Waals surface area contributed by atoms with Crippen molar-refractivity contribution in [3.8, 4) is 6.07 Å². The van der Waals surface area contributed by atoms with E-state index in [1.807, 2.05) is 19.9 Å². The smallest absolute Gasteiger partial charge is 0.140 e. The average Bonchev–Trinajstić information content (AvgIpc) is 1.95. The Morgan fingerprint density at radius 2 is 2.00 bits per heavy atom. The molecule has 0 saturated heterocycles. The molecule has 0 N–H and O–H groups in total. The zero-order valence-corrected chi connectivity index (χ0v) is 5.85. The molecule has 0 bridgehead atoms. The van der Waals surface area contributed by atoms with Crippen LogP contribution in [0.4, 0.5) is 0 Å². The second-order valence-corrected chi connectivity index (χ2v) is 2.09. The molecule has 0 aliphatic carbocycles. The van der Waals surface area contributed by atoms with Gasteiger partial charge in [0.25, 0.3) is 0 Å². The first-order valence-corrected chi connectivity index (χ1v) is 3.12. The van der Waals surface area contributed by atoms with Gasteiger partial charge in [0.05, 0.1) is 6.07 Å². The van der Waals surface area contributed by atoms with Crippen molar-refractivity contribution in [2.24, 2.45) is 5.41 Å². The lowest BCUT2D eigenvalue weighted by Gasteiger charge is -2.12. The van der Waals surface area contributed by atoms with Crippen LogP contribution in [0.1, 0.15) is 26.7 Å². The van der Waals surface area contributed by atoms with Crippen molar-refractivity contribution in [1.29, 1.82) is 5.26 Å². The Kier molecular flexibility index (Phi) is 2.94. The highest BCUT2D eigenvalue weighted by atomic mass is 16.1. The van der Waals surface area contributed by atoms with E-state index in [1.54, 1.807) is 0 Å². The Morgan fingerprint density at radius 3 is 2.00 bits per heavy atom. The van der Waals surface area contributed by atoms with E-state index in [0.29, 0.717) is 12.8 Å². The number of hydrogen-bond donors (Lipinski definition) is 0. The number of nitriles is 1. The molecule has 0 saturated carbocycles. The summed E-state index contributed by atoms with van der Waals surface area (Å²) in [6.45, 7) is 3.70. The molecule has 0 atom stereocenters. The minimum Gasteiger partial charge on any atom is -0.302 e. The zero-order valence-electron chi connectivity index (χ0n) is 5.85. The molecular formula is C7H11NO. The third-order valence-electron chi connectivity index (χ3n) is 1.71. The molecule has 0 aliphatic heterocycles. The van der Waals surface area contributed by atoms with E-state index >= 15 is 0 Å². The molecule has 50 valence electrons. The summed E-state index contributed by atoms with van der Waals surface area (Å²) in [5.41, 5.74) is -0.708. The highest BCUT2D eigenvalue weighted by Crippen LogP contribution is 2.21. The van der Waals surface area contributed by atoms with Gasteiger partial charge >= 0.3 is 0 Å². The van der Waals surface area contributed by atoms with Crippen LogP contribution < -0.4 is 0 Å². The van der Waals surface area contributed by atoms with Crippen LogP contribution in [0.2, 0.25) is 0 Å². The van der Waals surface area contributed by atoms with Crippen LogP contribution >= 0.6 is 0 Å². The molecular weight excluding hydrogens is 114 g/mol. The number of rotatable bonds is 3. The van der Waals surface area contributed by atoms with E-state index in [2.05, 4.69) is 0 Å². The van der Waals surface area contributed by atoms with E-state index in [1.165, 1.54) is 0 Å². The molecule has 9 heavy (non-hydrogen) atoms. The average molecular weight is 125 g/mol. The van der Waals surface area contributed by atoms with Gasteiger partial charge in [0, 0.05) is 0 Å². The number of aldehydes is 1. The van der Waals surface area contributed by atoms with Crippen molar-refractivity contribution in [2.75, 3.05) is 0 Å². The normalized spacial score (nSPS) is 10.3. The minimum absolute atomic E-state index is 0.615. The van der Waals surface area contributed by atoms with Crippen LogP contribution in [0, 0.1) is 16.7 Å². The van der Waals surface area contributed by atoms with Gasteiger partial charge in [-0.3, -0.25) is 0 Å². The van der Waals surface area contributed by atoms with Gasteiger partial charge in [-0.15, -0.1) is 0 Å². The summed E-state index contributed by atoms with van der Waals surface area (Å²) in [5, 5.41) is 8.50. The van der Waals surface area contributed by atoms with E-state index in [-0.39, 0.29) is 0 Å². The fraction of sp³-hybridized carbons (Fsp3) is 0.714. The predicted molar refractivity (Wildman–Crippen MR) is 34.7 cm³/mol. The van der Waals surface area contributed by atoms with Crippen LogP contribution in [0.15, 0.2) is 0 Å². The van der Waals surface area contributed by atoms with Crippen molar-refractivity contribution in [2.45, 2.75) is 26.7 Å². The van der Waals surface area contributed by atoms with Crippen LogP contribution in [-0.4, -0.2) is 6.29 Å². The maximum absolute atomic E-state index is 10.3. The summed E-state index contributed by atoms with van der Waals surface area (Å²) in [6, 6.07) is 2.00. The molecule has 0 amide bonds. The Labute approximate surface area is 55.5 Å². The van der Waals surface area contributed by atoms with Gasteiger partial charge in [-0.1, -0.05) is 13.8 Å². The van der Waals surface area contributed by atoms with Crippen LogP contribution in [0.3, 0.4) is 0 Å². The lowest BCUT2D eigenvalue weighted by Crippen LogP contribution is -2.17. The van der Waals surface area contributed by atoms with Crippen LogP contribution in [0.5, 0.6) is 0 Å². The molecule has 0 rings (SSSR count). The zero-order chi connectivity index (χ0) is 7.33. The van der Waals surface area contributed by atoms with Crippen LogP contribution in [0.25, 0.3) is 0 Å². The SMILES string of the molecule is CCC(C#N)(C=O)CC. The van der Waals surface area contributed by atoms with Crippen molar-refractivity contribution in [3.05, 3.63) is 0 Å². The standard InChI is InChI=1S/C7H11NO/c1-3-7(4-2,5-8)6-9/h6H,3-4H2,1-2H3. The Morgan fingerprint density at radius 1 is 1.56 bits per heavy atom. The minimum atomic E-state index is -0.708. The Balaban J connectivity index is 4.21. The quantitative estimate of drug-likeness (QED) is 0.536. The van der Waals surface area contributed by atoms with Crippen molar-refractivity contribution in [1.82, 2.24) is 0 Å². The fourth-order valence-electron chi connectivity index (χ4n) is 0.601. The molecule has 0 unspecified atom stereocenters. The largest absolute Gasteiger partial charge is 0.302 e. The van der Waals surface area contributed by atoms with E-state index in [9.17, 15) is 4.79 Å². The molecule has 0 aromatic rings. The Hall–Kier alpha value is -0.840. The van der Waals surface area contributed by atoms with Crippen molar-refractivity contribution >= 4 is 6.29 Å². The molecule has 2 nitrogen and oxygen atoms in total. The van der Waals surface area contributed by atoms with E-state index in [0.717, 1.165) is 6.29 Å². The molecule has 0 aliphatic rings. The molecule has 0 heterocycles. The summed E-state index contributed by atoms with van der Waals surface area (Å²) in [6.07, 6.45) is 1.97. The van der Waals surface area contributed by atoms with Gasteiger partial charge in [-0.25, -0.2) is 0 Å². The molecule has 0 aromatic carbocycles. The second-order valence-electron chi connectivity index (χ2n) is 2.09. The number of hydrogen-bond acceptors (Lipinski definition) is 2. The topological polar surface area (TPSA) is 40.9 Å². The second kappa shape index (κ2) is 3.24. The summed E-state index contributed by atoms with van der Waals surface area (Å²) < 4.78 is 0. The fourth-order valence-corrected chi connectivity index (χ4v) is 0.601. The summed E-state index contributed by atoms with van der Waals surface area (Å²) in [7, 11) is 0. The van der Waals surface area contributed by atoms with Gasteiger partial charge in [0.1, 0.15) is 11.7 Å². The van der Waals surface area contributed by atoms with Crippen molar-refractivity contribution < 1.29 is 4.79 Å². The molecule has 0 spiro atoms. The van der Waals surface area contributed by atoms with Gasteiger partial charge in [0.15, 0.2) is 0 Å². The Bertz CT molecular complexity index is 130. The number of carbonyl (C=O) groups is 1. The first kappa shape index (κ1) is 8.16. The monoisotopic (exact) mass is 125 g/mol. The lowest BCUT2D eigenvalue weighted by atomic mass is 9.86. The van der Waals surface area contributed by atoms with Gasteiger partial charge in [-0.2, -0.15) is 5.26 Å². The highest BCUT2D eigenvalue weighted by Gasteiger charge is 2.23. The summed E-state index contributed by atoms with van der Waals surface area (Å²) >= 11 is 0. The van der Waals surface area contributed by atoms with Gasteiger partial charge in [-0.05, 0) is 12.8 Å². The van der Waals surface area contributed by atoms with Crippen molar-refractivity contribution in [3.63, 3.8) is 0 Å². The molecule has 0 radical (unpaired) electrons. The highest BCUT2D eigenvalue weighted by molar-refractivity contribution is 5.63. The van der Waals surface area contributed by atoms with Gasteiger partial charge < -0.3 is 4.79 Å². The summed E-state index contributed by atoms with van der Waals surface area (Å²) in [5.74, 6) is 0. The lowest BCUT2D eigenvalue weighted by molar-refractivity contribution is -0.114. The van der Waals surface area contributed by atoms with Gasteiger partial charge in [0.2, 0.25) is 0 Å². The van der Waals surface area contributed by atoms with Crippen LogP contribution in [-0.2, 0) is 4.79 Å². The van der Waals surface area contributed by atoms with E-state index < -0.39 is 5.41 Å². The maximum atomic E-state index is 10.3. The number of carbonyl (C=O) groups excluding carboxylic acids is 1. The molecule has 0 aromatic heterocycles.